The Bertz CT molecular complexity index is 966. The second kappa shape index (κ2) is 11.1. The van der Waals surface area contributed by atoms with Crippen LogP contribution in [0.2, 0.25) is 0 Å². The van der Waals surface area contributed by atoms with Crippen molar-refractivity contribution in [3.8, 4) is 11.5 Å². The molecular formula is C25H31FN2O5. The Morgan fingerprint density at radius 2 is 1.76 bits per heavy atom. The fourth-order valence-corrected chi connectivity index (χ4v) is 3.94. The van der Waals surface area contributed by atoms with Gasteiger partial charge in [-0.3, -0.25) is 9.69 Å². The highest BCUT2D eigenvalue weighted by Gasteiger charge is 2.32. The van der Waals surface area contributed by atoms with Crippen LogP contribution in [0.3, 0.4) is 0 Å². The number of hydrogen-bond acceptors (Lipinski definition) is 6. The van der Waals surface area contributed by atoms with E-state index in [1.807, 2.05) is 11.8 Å². The van der Waals surface area contributed by atoms with Crippen LogP contribution in [0.4, 0.5) is 4.39 Å². The number of benzene rings is 2. The van der Waals surface area contributed by atoms with E-state index in [1.165, 1.54) is 25.3 Å². The topological polar surface area (TPSA) is 68.3 Å². The fourth-order valence-electron chi connectivity index (χ4n) is 3.94. The number of carbonyl (C=O) groups is 2. The van der Waals surface area contributed by atoms with Crippen molar-refractivity contribution in [3.05, 3.63) is 59.4 Å². The molecule has 7 nitrogen and oxygen atoms in total. The molecule has 178 valence electrons. The van der Waals surface area contributed by atoms with Gasteiger partial charge in [0.2, 0.25) is 0 Å². The summed E-state index contributed by atoms with van der Waals surface area (Å²) in [5.41, 5.74) is 1.39. The quantitative estimate of drug-likeness (QED) is 0.564. The smallest absolute Gasteiger partial charge is 0.338 e. The van der Waals surface area contributed by atoms with E-state index in [-0.39, 0.29) is 37.0 Å². The standard InChI is InChI=1S/C25H31FN2O5/c1-5-32-25(30)20-8-11-22(23(12-20)31-4)33-16-24(29)28-14-17(2)27(13-18(28)3)15-19-6-9-21(26)10-7-19/h6-12,17-18H,5,13-16H2,1-4H3/t17-,18+/m0/s1. The number of ether oxygens (including phenoxy) is 3. The molecule has 2 aromatic rings. The predicted molar refractivity (Wildman–Crippen MR) is 122 cm³/mol. The maximum atomic E-state index is 13.2. The number of carbonyl (C=O) groups excluding carboxylic acids is 2. The van der Waals surface area contributed by atoms with Crippen LogP contribution in [0.15, 0.2) is 42.5 Å². The van der Waals surface area contributed by atoms with Crippen molar-refractivity contribution in [1.82, 2.24) is 9.80 Å². The summed E-state index contributed by atoms with van der Waals surface area (Å²) >= 11 is 0. The van der Waals surface area contributed by atoms with E-state index in [2.05, 4.69) is 11.8 Å². The maximum absolute atomic E-state index is 13.2. The van der Waals surface area contributed by atoms with Gasteiger partial charge in [-0.05, 0) is 56.7 Å². The van der Waals surface area contributed by atoms with Gasteiger partial charge < -0.3 is 19.1 Å². The van der Waals surface area contributed by atoms with Gasteiger partial charge in [0.1, 0.15) is 5.82 Å². The molecule has 1 amide bonds. The summed E-state index contributed by atoms with van der Waals surface area (Å²) in [7, 11) is 1.48. The summed E-state index contributed by atoms with van der Waals surface area (Å²) in [6.45, 7) is 7.96. The van der Waals surface area contributed by atoms with Crippen LogP contribution in [-0.4, -0.2) is 67.2 Å². The third kappa shape index (κ3) is 6.22. The summed E-state index contributed by atoms with van der Waals surface area (Å²) in [4.78, 5) is 29.0. The highest BCUT2D eigenvalue weighted by molar-refractivity contribution is 5.90. The van der Waals surface area contributed by atoms with E-state index in [9.17, 15) is 14.0 Å². The number of piperazine rings is 1. The van der Waals surface area contributed by atoms with Crippen LogP contribution in [0.25, 0.3) is 0 Å². The van der Waals surface area contributed by atoms with Gasteiger partial charge in [0.05, 0.1) is 19.3 Å². The molecule has 0 saturated carbocycles. The van der Waals surface area contributed by atoms with Gasteiger partial charge >= 0.3 is 5.97 Å². The number of hydrogen-bond donors (Lipinski definition) is 0. The number of rotatable bonds is 8. The van der Waals surface area contributed by atoms with Crippen LogP contribution >= 0.6 is 0 Å². The molecule has 0 bridgehead atoms. The summed E-state index contributed by atoms with van der Waals surface area (Å²) in [6.07, 6.45) is 0. The number of amides is 1. The van der Waals surface area contributed by atoms with Gasteiger partial charge in [0.25, 0.3) is 5.91 Å². The summed E-state index contributed by atoms with van der Waals surface area (Å²) in [5.74, 6) is -0.0665. The number of methoxy groups -OCH3 is 1. The van der Waals surface area contributed by atoms with E-state index in [0.717, 1.165) is 5.56 Å². The lowest BCUT2D eigenvalue weighted by Crippen LogP contribution is -2.58. The number of nitrogens with zero attached hydrogens (tertiary/aromatic N) is 2. The van der Waals surface area contributed by atoms with E-state index < -0.39 is 5.97 Å². The van der Waals surface area contributed by atoms with Crippen LogP contribution in [0.1, 0.15) is 36.7 Å². The Morgan fingerprint density at radius 1 is 1.03 bits per heavy atom. The lowest BCUT2D eigenvalue weighted by Gasteiger charge is -2.44. The summed E-state index contributed by atoms with van der Waals surface area (Å²) in [6, 6.07) is 11.4. The van der Waals surface area contributed by atoms with Gasteiger partial charge in [-0.25, -0.2) is 9.18 Å². The van der Waals surface area contributed by atoms with Crippen LogP contribution in [-0.2, 0) is 16.1 Å². The van der Waals surface area contributed by atoms with Crippen LogP contribution < -0.4 is 9.47 Å². The fraction of sp³-hybridized carbons (Fsp3) is 0.440. The Hall–Kier alpha value is -3.13. The second-order valence-corrected chi connectivity index (χ2v) is 8.17. The molecule has 0 spiro atoms. The second-order valence-electron chi connectivity index (χ2n) is 8.17. The van der Waals surface area contributed by atoms with Crippen molar-refractivity contribution in [3.63, 3.8) is 0 Å². The van der Waals surface area contributed by atoms with Crippen molar-refractivity contribution in [2.45, 2.75) is 39.4 Å². The molecule has 1 heterocycles. The molecular weight excluding hydrogens is 427 g/mol. The highest BCUT2D eigenvalue weighted by atomic mass is 19.1. The van der Waals surface area contributed by atoms with Crippen molar-refractivity contribution < 1.29 is 28.2 Å². The van der Waals surface area contributed by atoms with E-state index >= 15 is 0 Å². The monoisotopic (exact) mass is 458 g/mol. The molecule has 2 aromatic carbocycles. The van der Waals surface area contributed by atoms with Crippen LogP contribution in [0.5, 0.6) is 11.5 Å². The minimum absolute atomic E-state index is 0.00540. The molecule has 0 unspecified atom stereocenters. The maximum Gasteiger partial charge on any atom is 0.338 e. The molecule has 3 rings (SSSR count). The summed E-state index contributed by atoms with van der Waals surface area (Å²) in [5, 5.41) is 0. The molecule has 33 heavy (non-hydrogen) atoms. The molecule has 0 N–H and O–H groups in total. The molecule has 1 fully saturated rings. The average Bonchev–Trinajstić information content (AvgIpc) is 2.81. The first-order valence-corrected chi connectivity index (χ1v) is 11.1. The van der Waals surface area contributed by atoms with E-state index in [0.29, 0.717) is 36.7 Å². The SMILES string of the molecule is CCOC(=O)c1ccc(OCC(=O)N2C[C@H](C)N(Cc3ccc(F)cc3)C[C@H]2C)c(OC)c1. The first-order valence-electron chi connectivity index (χ1n) is 11.1. The Kier molecular flexibility index (Phi) is 8.27. The largest absolute Gasteiger partial charge is 0.493 e. The summed E-state index contributed by atoms with van der Waals surface area (Å²) < 4.78 is 29.2. The third-order valence-corrected chi connectivity index (χ3v) is 5.76. The lowest BCUT2D eigenvalue weighted by atomic mass is 10.1. The van der Waals surface area contributed by atoms with Crippen LogP contribution in [0, 0.1) is 5.82 Å². The van der Waals surface area contributed by atoms with Crippen molar-refractivity contribution in [2.75, 3.05) is 33.4 Å². The van der Waals surface area contributed by atoms with Gasteiger partial charge in [-0.15, -0.1) is 0 Å². The minimum atomic E-state index is -0.445. The van der Waals surface area contributed by atoms with Crippen molar-refractivity contribution in [1.29, 1.82) is 0 Å². The molecule has 2 atom stereocenters. The third-order valence-electron chi connectivity index (χ3n) is 5.76. The van der Waals surface area contributed by atoms with Crippen molar-refractivity contribution >= 4 is 11.9 Å². The Balaban J connectivity index is 1.58. The molecule has 0 aromatic heterocycles. The number of esters is 1. The number of halogens is 1. The first-order chi connectivity index (χ1) is 15.8. The van der Waals surface area contributed by atoms with Gasteiger partial charge in [-0.1, -0.05) is 12.1 Å². The zero-order chi connectivity index (χ0) is 24.0. The molecule has 1 saturated heterocycles. The normalized spacial score (nSPS) is 18.6. The molecule has 0 aliphatic carbocycles. The van der Waals surface area contributed by atoms with Gasteiger partial charge in [-0.2, -0.15) is 0 Å². The zero-order valence-corrected chi connectivity index (χ0v) is 19.5. The van der Waals surface area contributed by atoms with E-state index in [4.69, 9.17) is 14.2 Å². The molecule has 8 heteroatoms. The average molecular weight is 459 g/mol. The Labute approximate surface area is 194 Å². The van der Waals surface area contributed by atoms with E-state index in [1.54, 1.807) is 31.2 Å². The predicted octanol–water partition coefficient (Wildman–Crippen LogP) is 3.51. The Morgan fingerprint density at radius 3 is 2.42 bits per heavy atom. The molecule has 0 radical (unpaired) electrons. The highest BCUT2D eigenvalue weighted by Crippen LogP contribution is 2.29. The lowest BCUT2D eigenvalue weighted by molar-refractivity contribution is -0.139. The van der Waals surface area contributed by atoms with Gasteiger partial charge in [0, 0.05) is 31.7 Å². The first kappa shape index (κ1) is 24.5. The minimum Gasteiger partial charge on any atom is -0.493 e. The van der Waals surface area contributed by atoms with Crippen molar-refractivity contribution in [2.24, 2.45) is 0 Å². The molecule has 1 aliphatic rings. The molecule has 1 aliphatic heterocycles. The van der Waals surface area contributed by atoms with Gasteiger partial charge in [0.15, 0.2) is 18.1 Å². The zero-order valence-electron chi connectivity index (χ0n) is 19.5.